The van der Waals surface area contributed by atoms with Crippen molar-refractivity contribution < 1.29 is 0 Å². The van der Waals surface area contributed by atoms with Gasteiger partial charge in [-0.1, -0.05) is 29.8 Å². The largest absolute Gasteiger partial charge is 0.336 e. The maximum atomic E-state index is 12.9. The van der Waals surface area contributed by atoms with Crippen molar-refractivity contribution in [2.45, 2.75) is 19.1 Å². The summed E-state index contributed by atoms with van der Waals surface area (Å²) in [5.74, 6) is 0. The molecule has 0 saturated carbocycles. The van der Waals surface area contributed by atoms with Crippen molar-refractivity contribution in [2.24, 2.45) is 0 Å². The molecule has 0 atom stereocenters. The number of nitrogens with zero attached hydrogens (tertiary/aromatic N) is 3. The van der Waals surface area contributed by atoms with Gasteiger partial charge in [-0.25, -0.2) is 28.1 Å². The van der Waals surface area contributed by atoms with Gasteiger partial charge < -0.3 is 0 Å². The molecule has 0 radical (unpaired) electrons. The second-order valence-corrected chi connectivity index (χ2v) is 18.2. The standard InChI is InChI=1S/C17H14ClI4N3O3/c1-3-7-23-14(26)24(8-4-2)16(28)25(15(23)27)9-10-11(17(20,21)22)5-6-12(18)13(10)19/h3-6H,1-2,7-9H2. The molecule has 1 aromatic carbocycles. The quantitative estimate of drug-likeness (QED) is 0.238. The highest BCUT2D eigenvalue weighted by molar-refractivity contribution is 14.3. The first-order chi connectivity index (χ1) is 13.0. The molecule has 11 heteroatoms. The first kappa shape index (κ1) is 24.6. The van der Waals surface area contributed by atoms with E-state index in [1.165, 1.54) is 12.2 Å². The first-order valence-electron chi connectivity index (χ1n) is 7.74. The van der Waals surface area contributed by atoms with Crippen LogP contribution >= 0.6 is 102 Å². The molecule has 0 amide bonds. The molecule has 0 saturated heterocycles. The molecule has 1 heterocycles. The Bertz CT molecular complexity index is 1060. The average Bonchev–Trinajstić information content (AvgIpc) is 2.61. The minimum atomic E-state index is -0.682. The Labute approximate surface area is 220 Å². The third kappa shape index (κ3) is 5.14. The molecular formula is C17H14ClI4N3O3. The topological polar surface area (TPSA) is 66.0 Å². The summed E-state index contributed by atoms with van der Waals surface area (Å²) in [6.45, 7) is 7.17. The fraction of sp³-hybridized carbons (Fsp3) is 0.235. The van der Waals surface area contributed by atoms with Gasteiger partial charge in [0.15, 0.2) is 0 Å². The van der Waals surface area contributed by atoms with Gasteiger partial charge in [-0.2, -0.15) is 0 Å². The number of benzene rings is 1. The van der Waals surface area contributed by atoms with Gasteiger partial charge >= 0.3 is 17.1 Å². The van der Waals surface area contributed by atoms with Crippen LogP contribution in [0.4, 0.5) is 0 Å². The molecule has 0 aliphatic heterocycles. The zero-order valence-electron chi connectivity index (χ0n) is 14.3. The molecule has 0 aliphatic carbocycles. The lowest BCUT2D eigenvalue weighted by Gasteiger charge is -2.21. The van der Waals surface area contributed by atoms with Crippen molar-refractivity contribution in [1.82, 2.24) is 13.7 Å². The Morgan fingerprint density at radius 2 is 1.39 bits per heavy atom. The van der Waals surface area contributed by atoms with Crippen LogP contribution in [0.15, 0.2) is 51.8 Å². The Hall–Kier alpha value is 0.320. The summed E-state index contributed by atoms with van der Waals surface area (Å²) in [5, 5.41) is 0.534. The van der Waals surface area contributed by atoms with Crippen molar-refractivity contribution in [3.05, 3.63) is 88.6 Å². The van der Waals surface area contributed by atoms with Crippen LogP contribution in [0.2, 0.25) is 5.02 Å². The molecule has 150 valence electrons. The third-order valence-electron chi connectivity index (χ3n) is 3.83. The van der Waals surface area contributed by atoms with Crippen LogP contribution in [0.3, 0.4) is 0 Å². The molecular weight excluding hydrogens is 837 g/mol. The predicted octanol–water partition coefficient (Wildman–Crippen LogP) is 4.27. The lowest BCUT2D eigenvalue weighted by atomic mass is 10.1. The Kier molecular flexibility index (Phi) is 8.86. The number of alkyl halides is 3. The third-order valence-corrected chi connectivity index (χ3v) is 7.44. The highest BCUT2D eigenvalue weighted by atomic mass is 127. The van der Waals surface area contributed by atoms with Gasteiger partial charge in [0, 0.05) is 3.57 Å². The van der Waals surface area contributed by atoms with Crippen LogP contribution in [0.5, 0.6) is 0 Å². The first-order valence-corrected chi connectivity index (χ1v) is 12.4. The van der Waals surface area contributed by atoms with Crippen LogP contribution in [0, 0.1) is 3.57 Å². The van der Waals surface area contributed by atoms with Crippen molar-refractivity contribution >= 4 is 102 Å². The van der Waals surface area contributed by atoms with Gasteiger partial charge in [0.2, 0.25) is 0 Å². The zero-order chi connectivity index (χ0) is 21.2. The van der Waals surface area contributed by atoms with Crippen LogP contribution in [-0.4, -0.2) is 13.7 Å². The average molecular weight is 851 g/mol. The van der Waals surface area contributed by atoms with E-state index in [1.807, 2.05) is 6.07 Å². The number of halogens is 5. The number of hydrogen-bond donors (Lipinski definition) is 0. The van der Waals surface area contributed by atoms with E-state index in [1.54, 1.807) is 6.07 Å². The number of rotatable bonds is 7. The SMILES string of the molecule is C=CCn1c(=O)n(CC=C)c(=O)n(Cc2c(C(I)(I)I)ccc(Cl)c2I)c1=O. The summed E-state index contributed by atoms with van der Waals surface area (Å²) in [4.78, 5) is 38.4. The molecule has 0 N–H and O–H groups in total. The fourth-order valence-electron chi connectivity index (χ4n) is 2.56. The molecule has 2 aromatic rings. The summed E-state index contributed by atoms with van der Waals surface area (Å²) in [7, 11) is 0. The Morgan fingerprint density at radius 1 is 0.929 bits per heavy atom. The minimum Gasteiger partial charge on any atom is -0.247 e. The summed E-state index contributed by atoms with van der Waals surface area (Å²) >= 11 is 15.2. The maximum absolute atomic E-state index is 12.9. The fourth-order valence-corrected chi connectivity index (χ4v) is 4.89. The highest BCUT2D eigenvalue weighted by Gasteiger charge is 2.27. The van der Waals surface area contributed by atoms with E-state index < -0.39 is 17.1 Å². The highest BCUT2D eigenvalue weighted by Crippen LogP contribution is 2.48. The second-order valence-electron chi connectivity index (χ2n) is 5.62. The van der Waals surface area contributed by atoms with E-state index in [4.69, 9.17) is 11.6 Å². The number of hydrogen-bond acceptors (Lipinski definition) is 3. The molecule has 0 spiro atoms. The van der Waals surface area contributed by atoms with Crippen LogP contribution in [-0.2, 0) is 19.1 Å². The lowest BCUT2D eigenvalue weighted by Crippen LogP contribution is -2.54. The second kappa shape index (κ2) is 10.1. The van der Waals surface area contributed by atoms with Crippen LogP contribution in [0.25, 0.3) is 0 Å². The van der Waals surface area contributed by atoms with E-state index in [9.17, 15) is 14.4 Å². The monoisotopic (exact) mass is 851 g/mol. The predicted molar refractivity (Wildman–Crippen MR) is 147 cm³/mol. The van der Waals surface area contributed by atoms with E-state index in [2.05, 4.69) is 104 Å². The van der Waals surface area contributed by atoms with Gasteiger partial charge in [0.25, 0.3) is 0 Å². The van der Waals surface area contributed by atoms with Crippen molar-refractivity contribution in [3.8, 4) is 0 Å². The summed E-state index contributed by atoms with van der Waals surface area (Å²) in [6.07, 6.45) is 2.88. The smallest absolute Gasteiger partial charge is 0.247 e. The van der Waals surface area contributed by atoms with Crippen molar-refractivity contribution in [1.29, 1.82) is 0 Å². The Balaban J connectivity index is 2.85. The molecule has 0 bridgehead atoms. The van der Waals surface area contributed by atoms with Gasteiger partial charge in [0.1, 0.15) is -0.565 Å². The molecule has 6 nitrogen and oxygen atoms in total. The lowest BCUT2D eigenvalue weighted by molar-refractivity contribution is 0.497. The van der Waals surface area contributed by atoms with Gasteiger partial charge in [-0.15, -0.1) is 13.2 Å². The van der Waals surface area contributed by atoms with Crippen molar-refractivity contribution in [3.63, 3.8) is 0 Å². The van der Waals surface area contributed by atoms with E-state index in [0.717, 1.165) is 28.4 Å². The van der Waals surface area contributed by atoms with Crippen molar-refractivity contribution in [2.75, 3.05) is 0 Å². The molecule has 2 rings (SSSR count). The van der Waals surface area contributed by atoms with E-state index in [0.29, 0.717) is 5.02 Å². The normalized spacial score (nSPS) is 11.5. The summed E-state index contributed by atoms with van der Waals surface area (Å²) < 4.78 is 3.48. The van der Waals surface area contributed by atoms with Crippen LogP contribution in [0.1, 0.15) is 11.1 Å². The molecule has 1 aromatic heterocycles. The number of aromatic nitrogens is 3. The maximum Gasteiger partial charge on any atom is 0.336 e. The zero-order valence-corrected chi connectivity index (χ0v) is 23.7. The summed E-state index contributed by atoms with van der Waals surface area (Å²) in [5.41, 5.74) is -0.348. The van der Waals surface area contributed by atoms with Gasteiger partial charge in [-0.3, -0.25) is 0 Å². The minimum absolute atomic E-state index is 0.00282. The summed E-state index contributed by atoms with van der Waals surface area (Å²) in [6, 6.07) is 3.68. The molecule has 0 aliphatic rings. The molecule has 0 unspecified atom stereocenters. The molecule has 28 heavy (non-hydrogen) atoms. The van der Waals surface area contributed by atoms with Gasteiger partial charge in [0.05, 0.1) is 24.7 Å². The van der Waals surface area contributed by atoms with E-state index >= 15 is 0 Å². The number of allylic oxidation sites excluding steroid dienone is 2. The van der Waals surface area contributed by atoms with Gasteiger partial charge in [-0.05, 0) is 108 Å². The van der Waals surface area contributed by atoms with Crippen LogP contribution < -0.4 is 17.1 Å². The Morgan fingerprint density at radius 3 is 1.82 bits per heavy atom. The van der Waals surface area contributed by atoms with E-state index in [-0.39, 0.29) is 19.1 Å². The molecule has 0 fully saturated rings.